The van der Waals surface area contributed by atoms with Gasteiger partial charge in [-0.2, -0.15) is 5.26 Å². The van der Waals surface area contributed by atoms with Gasteiger partial charge in [-0.3, -0.25) is 4.79 Å². The molecule has 2 aromatic rings. The maximum absolute atomic E-state index is 12.8. The van der Waals surface area contributed by atoms with Gasteiger partial charge >= 0.3 is 0 Å². The molecule has 1 aliphatic heterocycles. The minimum absolute atomic E-state index is 0.0395. The summed E-state index contributed by atoms with van der Waals surface area (Å²) in [5.74, 6) is -0.313. The molecule has 1 amide bonds. The lowest BCUT2D eigenvalue weighted by Gasteiger charge is -2.30. The van der Waals surface area contributed by atoms with Crippen molar-refractivity contribution < 1.29 is 14.6 Å². The van der Waals surface area contributed by atoms with Crippen molar-refractivity contribution in [2.24, 2.45) is 0 Å². The van der Waals surface area contributed by atoms with Gasteiger partial charge in [0.15, 0.2) is 0 Å². The fourth-order valence-corrected chi connectivity index (χ4v) is 3.44. The Morgan fingerprint density at radius 3 is 2.52 bits per heavy atom. The first kappa shape index (κ1) is 20.7. The molecule has 2 N–H and O–H groups in total. The monoisotopic (exact) mass is 411 g/mol. The third-order valence-corrected chi connectivity index (χ3v) is 4.98. The fourth-order valence-electron chi connectivity index (χ4n) is 3.27. The molecule has 7 heteroatoms. The van der Waals surface area contributed by atoms with Crippen LogP contribution in [0.1, 0.15) is 16.7 Å². The van der Waals surface area contributed by atoms with E-state index in [1.54, 1.807) is 38.1 Å². The molecule has 0 spiro atoms. The van der Waals surface area contributed by atoms with E-state index in [9.17, 15) is 15.2 Å². The summed E-state index contributed by atoms with van der Waals surface area (Å²) in [6.07, 6.45) is 1.51. The molecule has 0 saturated carbocycles. The number of anilines is 2. The summed E-state index contributed by atoms with van der Waals surface area (Å²) >= 11 is 6.13. The summed E-state index contributed by atoms with van der Waals surface area (Å²) < 4.78 is 5.39. The van der Waals surface area contributed by atoms with Crippen LogP contribution in [0.4, 0.5) is 11.4 Å². The minimum atomic E-state index is -0.521. The van der Waals surface area contributed by atoms with E-state index in [1.165, 1.54) is 6.08 Å². The fraction of sp³-hybridized carbons (Fsp3) is 0.273. The van der Waals surface area contributed by atoms with Gasteiger partial charge in [-0.15, -0.1) is 0 Å². The van der Waals surface area contributed by atoms with Gasteiger partial charge in [0.1, 0.15) is 17.4 Å². The third kappa shape index (κ3) is 4.89. The predicted octanol–water partition coefficient (Wildman–Crippen LogP) is 4.04. The SMILES string of the molecule is Cc1cc(C=C(C#N)C(=O)Nc2cc(Cl)ccc2N2CCOCC2)cc(C)c1O. The summed E-state index contributed by atoms with van der Waals surface area (Å²) in [5, 5.41) is 22.7. The van der Waals surface area contributed by atoms with E-state index in [0.29, 0.717) is 53.7 Å². The molecule has 150 valence electrons. The average Bonchev–Trinajstić information content (AvgIpc) is 2.70. The van der Waals surface area contributed by atoms with Crippen LogP contribution >= 0.6 is 11.6 Å². The Hall–Kier alpha value is -3.01. The summed E-state index contributed by atoms with van der Waals surface area (Å²) in [7, 11) is 0. The molecular formula is C22H22ClN3O3. The largest absolute Gasteiger partial charge is 0.507 e. The number of nitrogens with zero attached hydrogens (tertiary/aromatic N) is 2. The highest BCUT2D eigenvalue weighted by Gasteiger charge is 2.18. The Morgan fingerprint density at radius 2 is 1.90 bits per heavy atom. The molecule has 0 aliphatic carbocycles. The van der Waals surface area contributed by atoms with E-state index >= 15 is 0 Å². The zero-order chi connectivity index (χ0) is 21.0. The second-order valence-corrected chi connectivity index (χ2v) is 7.32. The predicted molar refractivity (Wildman–Crippen MR) is 114 cm³/mol. The zero-order valence-electron chi connectivity index (χ0n) is 16.3. The molecule has 0 atom stereocenters. The van der Waals surface area contributed by atoms with Gasteiger partial charge in [-0.25, -0.2) is 0 Å². The number of rotatable bonds is 4. The molecule has 1 fully saturated rings. The van der Waals surface area contributed by atoms with Crippen molar-refractivity contribution >= 4 is 35.0 Å². The highest BCUT2D eigenvalue weighted by Crippen LogP contribution is 2.30. The van der Waals surface area contributed by atoms with Crippen LogP contribution in [0.15, 0.2) is 35.9 Å². The summed E-state index contributed by atoms with van der Waals surface area (Å²) in [5.41, 5.74) is 3.37. The van der Waals surface area contributed by atoms with Crippen LogP contribution in [-0.2, 0) is 9.53 Å². The highest BCUT2D eigenvalue weighted by atomic mass is 35.5. The Kier molecular flexibility index (Phi) is 6.42. The van der Waals surface area contributed by atoms with Gasteiger partial charge in [0.2, 0.25) is 0 Å². The Bertz CT molecular complexity index is 982. The molecule has 1 aliphatic rings. The van der Waals surface area contributed by atoms with Crippen molar-refractivity contribution in [1.29, 1.82) is 5.26 Å². The number of amides is 1. The van der Waals surface area contributed by atoms with E-state index in [2.05, 4.69) is 10.2 Å². The Morgan fingerprint density at radius 1 is 1.24 bits per heavy atom. The Balaban J connectivity index is 1.88. The van der Waals surface area contributed by atoms with Crippen LogP contribution < -0.4 is 10.2 Å². The van der Waals surface area contributed by atoms with Crippen LogP contribution in [0.5, 0.6) is 5.75 Å². The first-order valence-electron chi connectivity index (χ1n) is 9.24. The maximum atomic E-state index is 12.8. The molecule has 0 aromatic heterocycles. The number of aryl methyl sites for hydroxylation is 2. The van der Waals surface area contributed by atoms with Gasteiger partial charge in [-0.1, -0.05) is 11.6 Å². The summed E-state index contributed by atoms with van der Waals surface area (Å²) in [6, 6.07) is 10.7. The number of carbonyl (C=O) groups is 1. The molecule has 1 saturated heterocycles. The number of nitrogens with one attached hydrogen (secondary N) is 1. The van der Waals surface area contributed by atoms with Crippen molar-refractivity contribution in [1.82, 2.24) is 0 Å². The number of benzene rings is 2. The first-order chi connectivity index (χ1) is 13.9. The lowest BCUT2D eigenvalue weighted by molar-refractivity contribution is -0.112. The third-order valence-electron chi connectivity index (χ3n) is 4.75. The zero-order valence-corrected chi connectivity index (χ0v) is 17.1. The van der Waals surface area contributed by atoms with E-state index in [1.807, 2.05) is 12.1 Å². The van der Waals surface area contributed by atoms with Crippen LogP contribution in [-0.4, -0.2) is 37.3 Å². The number of carbonyl (C=O) groups excluding carboxylic acids is 1. The maximum Gasteiger partial charge on any atom is 0.266 e. The second kappa shape index (κ2) is 8.99. The number of ether oxygens (including phenoxy) is 1. The van der Waals surface area contributed by atoms with Crippen LogP contribution in [0.3, 0.4) is 0 Å². The van der Waals surface area contributed by atoms with Gasteiger partial charge in [0.25, 0.3) is 5.91 Å². The van der Waals surface area contributed by atoms with Crippen LogP contribution in [0.25, 0.3) is 6.08 Å². The number of hydrogen-bond donors (Lipinski definition) is 2. The summed E-state index contributed by atoms with van der Waals surface area (Å²) in [6.45, 7) is 6.17. The standard InChI is InChI=1S/C22H22ClN3O3/c1-14-9-16(10-15(2)21(14)27)11-17(13-24)22(28)25-19-12-18(23)3-4-20(19)26-5-7-29-8-6-26/h3-4,9-12,27H,5-8H2,1-2H3,(H,25,28). The summed E-state index contributed by atoms with van der Waals surface area (Å²) in [4.78, 5) is 14.9. The second-order valence-electron chi connectivity index (χ2n) is 6.89. The highest BCUT2D eigenvalue weighted by molar-refractivity contribution is 6.31. The molecule has 0 bridgehead atoms. The van der Waals surface area contributed by atoms with Crippen molar-refractivity contribution in [3.05, 3.63) is 57.6 Å². The van der Waals surface area contributed by atoms with Gasteiger partial charge in [0, 0.05) is 18.1 Å². The van der Waals surface area contributed by atoms with Gasteiger partial charge < -0.3 is 20.1 Å². The van der Waals surface area contributed by atoms with E-state index in [4.69, 9.17) is 16.3 Å². The van der Waals surface area contributed by atoms with Crippen molar-refractivity contribution in [2.75, 3.05) is 36.5 Å². The molecular weight excluding hydrogens is 390 g/mol. The van der Waals surface area contributed by atoms with Crippen molar-refractivity contribution in [3.63, 3.8) is 0 Å². The number of morpholine rings is 1. The first-order valence-corrected chi connectivity index (χ1v) is 9.62. The molecule has 1 heterocycles. The molecule has 2 aromatic carbocycles. The average molecular weight is 412 g/mol. The van der Waals surface area contributed by atoms with E-state index in [0.717, 1.165) is 5.69 Å². The van der Waals surface area contributed by atoms with Gasteiger partial charge in [-0.05, 0) is 66.9 Å². The number of phenolic OH excluding ortho intramolecular Hbond substituents is 1. The molecule has 0 unspecified atom stereocenters. The number of halogens is 1. The van der Waals surface area contributed by atoms with Crippen LogP contribution in [0.2, 0.25) is 5.02 Å². The van der Waals surface area contributed by atoms with E-state index < -0.39 is 5.91 Å². The molecule has 0 radical (unpaired) electrons. The number of aromatic hydroxyl groups is 1. The number of nitriles is 1. The van der Waals surface area contributed by atoms with Crippen molar-refractivity contribution in [3.8, 4) is 11.8 Å². The van der Waals surface area contributed by atoms with E-state index in [-0.39, 0.29) is 11.3 Å². The molecule has 6 nitrogen and oxygen atoms in total. The number of phenols is 1. The van der Waals surface area contributed by atoms with Crippen molar-refractivity contribution in [2.45, 2.75) is 13.8 Å². The smallest absolute Gasteiger partial charge is 0.266 e. The number of hydrogen-bond acceptors (Lipinski definition) is 5. The lowest BCUT2D eigenvalue weighted by atomic mass is 10.0. The Labute approximate surface area is 175 Å². The molecule has 3 rings (SSSR count). The normalized spacial score (nSPS) is 14.4. The topological polar surface area (TPSA) is 85.6 Å². The van der Waals surface area contributed by atoms with Crippen LogP contribution in [0, 0.1) is 25.2 Å². The van der Waals surface area contributed by atoms with Gasteiger partial charge in [0.05, 0.1) is 24.6 Å². The quantitative estimate of drug-likeness (QED) is 0.585. The minimum Gasteiger partial charge on any atom is -0.507 e. The lowest BCUT2D eigenvalue weighted by Crippen LogP contribution is -2.36. The molecule has 29 heavy (non-hydrogen) atoms.